The maximum absolute atomic E-state index is 13.1. The van der Waals surface area contributed by atoms with Gasteiger partial charge in [0.1, 0.15) is 18.7 Å². The second kappa shape index (κ2) is 11.9. The van der Waals surface area contributed by atoms with Gasteiger partial charge in [0.05, 0.1) is 6.07 Å². The maximum atomic E-state index is 13.1. The van der Waals surface area contributed by atoms with Crippen LogP contribution in [0, 0.1) is 23.2 Å². The standard InChI is InChI=1S/C29H34N4O4/c1-18(2)14-26(28(35)32-20(16-30)15-19-8-7-13-31-27(19)34)33-29(36)37-17-25-23-11-5-3-9-21(23)22-10-4-6-12-24(22)25/h3-6,9-12,18-20,25-26H,7-8,13-15,17H2,1-2H3,(H,31,34)(H,32,35)(H,33,36)/t19?,20-,26-/m0/s1. The summed E-state index contributed by atoms with van der Waals surface area (Å²) >= 11 is 0. The molecule has 0 bridgehead atoms. The van der Waals surface area contributed by atoms with Crippen molar-refractivity contribution in [1.82, 2.24) is 16.0 Å². The number of carbonyl (C=O) groups excluding carboxylic acids is 3. The van der Waals surface area contributed by atoms with E-state index in [1.807, 2.05) is 50.2 Å². The van der Waals surface area contributed by atoms with E-state index in [0.29, 0.717) is 19.4 Å². The van der Waals surface area contributed by atoms with Gasteiger partial charge in [-0.05, 0) is 53.9 Å². The molecule has 0 spiro atoms. The smallest absolute Gasteiger partial charge is 0.407 e. The van der Waals surface area contributed by atoms with Gasteiger partial charge in [0.15, 0.2) is 0 Å². The van der Waals surface area contributed by atoms with Gasteiger partial charge < -0.3 is 20.7 Å². The Morgan fingerprint density at radius 2 is 1.73 bits per heavy atom. The van der Waals surface area contributed by atoms with Crippen LogP contribution in [-0.2, 0) is 14.3 Å². The van der Waals surface area contributed by atoms with Gasteiger partial charge in [-0.1, -0.05) is 62.4 Å². The molecule has 8 nitrogen and oxygen atoms in total. The van der Waals surface area contributed by atoms with Crippen molar-refractivity contribution in [3.63, 3.8) is 0 Å². The van der Waals surface area contributed by atoms with Gasteiger partial charge >= 0.3 is 6.09 Å². The van der Waals surface area contributed by atoms with Gasteiger partial charge in [0.25, 0.3) is 0 Å². The molecule has 1 aliphatic carbocycles. The third-order valence-electron chi connectivity index (χ3n) is 7.05. The van der Waals surface area contributed by atoms with Crippen molar-refractivity contribution < 1.29 is 19.1 Å². The van der Waals surface area contributed by atoms with Crippen molar-refractivity contribution in [3.8, 4) is 17.2 Å². The summed E-state index contributed by atoms with van der Waals surface area (Å²) < 4.78 is 5.62. The average molecular weight is 503 g/mol. The molecule has 1 saturated heterocycles. The van der Waals surface area contributed by atoms with Crippen molar-refractivity contribution in [1.29, 1.82) is 5.26 Å². The average Bonchev–Trinajstić information content (AvgIpc) is 3.21. The van der Waals surface area contributed by atoms with Crippen LogP contribution in [0.4, 0.5) is 4.79 Å². The first-order valence-electron chi connectivity index (χ1n) is 13.0. The van der Waals surface area contributed by atoms with E-state index in [1.165, 1.54) is 0 Å². The normalized spacial score (nSPS) is 18.1. The largest absolute Gasteiger partial charge is 0.449 e. The fourth-order valence-electron chi connectivity index (χ4n) is 5.25. The van der Waals surface area contributed by atoms with Crippen molar-refractivity contribution in [2.45, 2.75) is 57.5 Å². The summed E-state index contributed by atoms with van der Waals surface area (Å²) in [5.41, 5.74) is 4.49. The number of nitriles is 1. The number of ether oxygens (including phenoxy) is 1. The molecule has 1 aliphatic heterocycles. The minimum absolute atomic E-state index is 0.0832. The predicted octanol–water partition coefficient (Wildman–Crippen LogP) is 3.86. The van der Waals surface area contributed by atoms with E-state index in [1.54, 1.807) is 0 Å². The van der Waals surface area contributed by atoms with E-state index >= 15 is 0 Å². The number of benzene rings is 2. The van der Waals surface area contributed by atoms with Crippen LogP contribution in [0.25, 0.3) is 11.1 Å². The van der Waals surface area contributed by atoms with Gasteiger partial charge in [0, 0.05) is 18.4 Å². The van der Waals surface area contributed by atoms with Gasteiger partial charge in [-0.15, -0.1) is 0 Å². The Morgan fingerprint density at radius 1 is 1.08 bits per heavy atom. The monoisotopic (exact) mass is 502 g/mol. The Morgan fingerprint density at radius 3 is 2.32 bits per heavy atom. The topological polar surface area (TPSA) is 120 Å². The summed E-state index contributed by atoms with van der Waals surface area (Å²) in [7, 11) is 0. The Balaban J connectivity index is 1.37. The van der Waals surface area contributed by atoms with Crippen LogP contribution in [0.5, 0.6) is 0 Å². The molecule has 3 N–H and O–H groups in total. The number of alkyl carbamates (subject to hydrolysis) is 1. The van der Waals surface area contributed by atoms with E-state index in [9.17, 15) is 19.6 Å². The number of rotatable bonds is 9. The SMILES string of the molecule is CC(C)C[C@H](NC(=O)OCC1c2ccccc2-c2ccccc21)C(=O)N[C@H](C#N)CC1CCCNC1=O. The number of fused-ring (bicyclic) bond motifs is 3. The molecule has 8 heteroatoms. The summed E-state index contributed by atoms with van der Waals surface area (Å²) in [4.78, 5) is 37.9. The molecular formula is C29H34N4O4. The summed E-state index contributed by atoms with van der Waals surface area (Å²) in [5.74, 6) is -0.812. The highest BCUT2D eigenvalue weighted by atomic mass is 16.5. The second-order valence-corrected chi connectivity index (χ2v) is 10.2. The zero-order valence-corrected chi connectivity index (χ0v) is 21.3. The molecule has 1 heterocycles. The van der Waals surface area contributed by atoms with Crippen molar-refractivity contribution in [3.05, 3.63) is 59.7 Å². The van der Waals surface area contributed by atoms with Crippen LogP contribution in [0.15, 0.2) is 48.5 Å². The van der Waals surface area contributed by atoms with Gasteiger partial charge in [0.2, 0.25) is 11.8 Å². The first-order chi connectivity index (χ1) is 17.9. The number of nitrogens with zero attached hydrogens (tertiary/aromatic N) is 1. The van der Waals surface area contributed by atoms with E-state index in [0.717, 1.165) is 28.7 Å². The third-order valence-corrected chi connectivity index (χ3v) is 7.05. The highest BCUT2D eigenvalue weighted by Crippen LogP contribution is 2.44. The molecule has 194 valence electrons. The number of hydrogen-bond donors (Lipinski definition) is 3. The molecule has 2 aromatic carbocycles. The molecule has 0 radical (unpaired) electrons. The van der Waals surface area contributed by atoms with Gasteiger partial charge in [-0.3, -0.25) is 9.59 Å². The highest BCUT2D eigenvalue weighted by Gasteiger charge is 2.31. The minimum atomic E-state index is -0.855. The Hall–Kier alpha value is -3.86. The molecule has 2 aromatic rings. The first kappa shape index (κ1) is 26.2. The molecule has 4 rings (SSSR count). The molecule has 0 saturated carbocycles. The van der Waals surface area contributed by atoms with E-state index in [4.69, 9.17) is 4.74 Å². The highest BCUT2D eigenvalue weighted by molar-refractivity contribution is 5.86. The molecule has 1 unspecified atom stereocenters. The lowest BCUT2D eigenvalue weighted by molar-refractivity contribution is -0.128. The molecule has 2 aliphatic rings. The van der Waals surface area contributed by atoms with Crippen LogP contribution >= 0.6 is 0 Å². The van der Waals surface area contributed by atoms with Crippen LogP contribution in [0.1, 0.15) is 56.6 Å². The Labute approximate surface area is 217 Å². The van der Waals surface area contributed by atoms with E-state index in [2.05, 4.69) is 34.2 Å². The van der Waals surface area contributed by atoms with Crippen LogP contribution < -0.4 is 16.0 Å². The van der Waals surface area contributed by atoms with Crippen molar-refractivity contribution in [2.24, 2.45) is 11.8 Å². The number of carbonyl (C=O) groups is 3. The van der Waals surface area contributed by atoms with Gasteiger partial charge in [-0.25, -0.2) is 4.79 Å². The fraction of sp³-hybridized carbons (Fsp3) is 0.448. The molecule has 37 heavy (non-hydrogen) atoms. The second-order valence-electron chi connectivity index (χ2n) is 10.2. The Kier molecular flexibility index (Phi) is 8.44. The summed E-state index contributed by atoms with van der Waals surface area (Å²) in [6.07, 6.45) is 1.49. The predicted molar refractivity (Wildman–Crippen MR) is 139 cm³/mol. The van der Waals surface area contributed by atoms with Crippen molar-refractivity contribution in [2.75, 3.05) is 13.2 Å². The quantitative estimate of drug-likeness (QED) is 0.481. The molecule has 1 fully saturated rings. The zero-order chi connectivity index (χ0) is 26.4. The fourth-order valence-corrected chi connectivity index (χ4v) is 5.25. The molecule has 3 atom stereocenters. The zero-order valence-electron chi connectivity index (χ0n) is 21.3. The van der Waals surface area contributed by atoms with E-state index < -0.39 is 24.1 Å². The third kappa shape index (κ3) is 6.29. The van der Waals surface area contributed by atoms with Crippen LogP contribution in [0.2, 0.25) is 0 Å². The summed E-state index contributed by atoms with van der Waals surface area (Å²) in [5, 5.41) is 17.8. The lowest BCUT2D eigenvalue weighted by Crippen LogP contribution is -2.51. The summed E-state index contributed by atoms with van der Waals surface area (Å²) in [6.45, 7) is 4.69. The lowest BCUT2D eigenvalue weighted by atomic mass is 9.91. The number of amides is 3. The first-order valence-corrected chi connectivity index (χ1v) is 13.0. The maximum Gasteiger partial charge on any atom is 0.407 e. The van der Waals surface area contributed by atoms with E-state index in [-0.39, 0.29) is 36.7 Å². The number of nitrogens with one attached hydrogen (secondary N) is 3. The van der Waals surface area contributed by atoms with Gasteiger partial charge in [-0.2, -0.15) is 5.26 Å². The van der Waals surface area contributed by atoms with Crippen LogP contribution in [0.3, 0.4) is 0 Å². The lowest BCUT2D eigenvalue weighted by Gasteiger charge is -2.25. The number of hydrogen-bond acceptors (Lipinski definition) is 5. The Bertz CT molecular complexity index is 1140. The van der Waals surface area contributed by atoms with Crippen molar-refractivity contribution >= 4 is 17.9 Å². The summed E-state index contributed by atoms with van der Waals surface area (Å²) in [6, 6.07) is 16.6. The molecule has 3 amide bonds. The molecular weight excluding hydrogens is 468 g/mol. The van der Waals surface area contributed by atoms with Crippen LogP contribution in [-0.4, -0.2) is 43.1 Å². The number of piperidine rings is 1. The minimum Gasteiger partial charge on any atom is -0.449 e. The molecule has 0 aromatic heterocycles.